The van der Waals surface area contributed by atoms with Crippen LogP contribution in [0.4, 0.5) is 4.39 Å². The summed E-state index contributed by atoms with van der Waals surface area (Å²) >= 11 is 0. The van der Waals surface area contributed by atoms with E-state index in [1.54, 1.807) is 29.5 Å². The maximum Gasteiger partial charge on any atom is 0.262 e. The van der Waals surface area contributed by atoms with Gasteiger partial charge in [0, 0.05) is 51.9 Å². The predicted octanol–water partition coefficient (Wildman–Crippen LogP) is 2.48. The number of hydrogen-bond donors (Lipinski definition) is 0. The Kier molecular flexibility index (Phi) is 7.16. The lowest BCUT2D eigenvalue weighted by molar-refractivity contribution is -0.139. The fourth-order valence-corrected chi connectivity index (χ4v) is 6.00. The minimum absolute atomic E-state index is 0.0182. The Balaban J connectivity index is 1.43. The van der Waals surface area contributed by atoms with E-state index in [1.165, 1.54) is 22.6 Å². The van der Waals surface area contributed by atoms with Crippen molar-refractivity contribution in [1.82, 2.24) is 18.8 Å². The molecule has 0 spiro atoms. The second-order valence-electron chi connectivity index (χ2n) is 8.90. The molecule has 0 radical (unpaired) electrons. The number of aromatic nitrogens is 2. The average molecular weight is 479 g/mol. The summed E-state index contributed by atoms with van der Waals surface area (Å²) in [4.78, 5) is 19.4. The van der Waals surface area contributed by atoms with Crippen LogP contribution in [-0.2, 0) is 33.1 Å². The molecule has 2 saturated heterocycles. The Morgan fingerprint density at radius 1 is 1.27 bits per heavy atom. The van der Waals surface area contributed by atoms with E-state index in [9.17, 15) is 17.6 Å². The van der Waals surface area contributed by atoms with Crippen molar-refractivity contribution in [2.45, 2.75) is 50.3 Å². The van der Waals surface area contributed by atoms with E-state index < -0.39 is 10.0 Å². The van der Waals surface area contributed by atoms with Gasteiger partial charge in [-0.2, -0.15) is 4.31 Å². The summed E-state index contributed by atoms with van der Waals surface area (Å²) in [6.45, 7) is 3.74. The fourth-order valence-electron chi connectivity index (χ4n) is 4.51. The lowest BCUT2D eigenvalue weighted by atomic mass is 9.96. The van der Waals surface area contributed by atoms with Crippen LogP contribution in [0.2, 0.25) is 0 Å². The largest absolute Gasteiger partial charge is 0.376 e. The van der Waals surface area contributed by atoms with Gasteiger partial charge in [-0.25, -0.2) is 17.8 Å². The molecule has 10 heteroatoms. The van der Waals surface area contributed by atoms with Gasteiger partial charge in [0.1, 0.15) is 11.6 Å². The molecule has 1 aromatic carbocycles. The molecule has 1 unspecified atom stereocenters. The van der Waals surface area contributed by atoms with Crippen molar-refractivity contribution < 1.29 is 22.3 Å². The Bertz CT molecular complexity index is 1070. The van der Waals surface area contributed by atoms with E-state index in [-0.39, 0.29) is 41.9 Å². The van der Waals surface area contributed by atoms with Crippen molar-refractivity contribution in [1.29, 1.82) is 0 Å². The van der Waals surface area contributed by atoms with Crippen molar-refractivity contribution in [2.75, 3.05) is 26.2 Å². The molecule has 2 aromatic rings. The van der Waals surface area contributed by atoms with Gasteiger partial charge in [0.2, 0.25) is 5.91 Å². The van der Waals surface area contributed by atoms with Crippen molar-refractivity contribution in [3.05, 3.63) is 47.7 Å². The van der Waals surface area contributed by atoms with Gasteiger partial charge in [-0.1, -0.05) is 12.1 Å². The third-order valence-electron chi connectivity index (χ3n) is 6.52. The number of benzene rings is 1. The van der Waals surface area contributed by atoms with Crippen LogP contribution < -0.4 is 0 Å². The Morgan fingerprint density at radius 3 is 2.64 bits per heavy atom. The van der Waals surface area contributed by atoms with Crippen LogP contribution in [0.5, 0.6) is 0 Å². The van der Waals surface area contributed by atoms with E-state index >= 15 is 0 Å². The van der Waals surface area contributed by atoms with Crippen LogP contribution >= 0.6 is 0 Å². The fraction of sp³-hybridized carbons (Fsp3) is 0.565. The highest BCUT2D eigenvalue weighted by Gasteiger charge is 2.35. The molecule has 8 nitrogen and oxygen atoms in total. The van der Waals surface area contributed by atoms with E-state index in [1.807, 2.05) is 6.07 Å². The SMILES string of the molecule is Cc1nc(S(=O)(=O)N2CCC(C(=O)N(Cc3cccc(F)c3)CC3CCCO3)CC2)cn1C. The van der Waals surface area contributed by atoms with Crippen LogP contribution in [-0.4, -0.2) is 65.4 Å². The lowest BCUT2D eigenvalue weighted by Gasteiger charge is -2.34. The Hall–Kier alpha value is -2.30. The molecule has 2 aliphatic rings. The zero-order valence-corrected chi connectivity index (χ0v) is 19.9. The summed E-state index contributed by atoms with van der Waals surface area (Å²) < 4.78 is 48.5. The summed E-state index contributed by atoms with van der Waals surface area (Å²) in [7, 11) is -1.93. The number of aryl methyl sites for hydroxylation is 2. The van der Waals surface area contributed by atoms with Crippen LogP contribution in [0.25, 0.3) is 0 Å². The zero-order valence-electron chi connectivity index (χ0n) is 19.1. The number of imidazole rings is 1. The summed E-state index contributed by atoms with van der Waals surface area (Å²) in [6.07, 6.45) is 4.24. The monoisotopic (exact) mass is 478 g/mol. The Labute approximate surface area is 194 Å². The number of halogens is 1. The van der Waals surface area contributed by atoms with Gasteiger partial charge in [0.15, 0.2) is 5.03 Å². The van der Waals surface area contributed by atoms with Gasteiger partial charge in [-0.3, -0.25) is 4.79 Å². The average Bonchev–Trinajstić information content (AvgIpc) is 3.43. The van der Waals surface area contributed by atoms with Crippen molar-refractivity contribution in [3.63, 3.8) is 0 Å². The minimum atomic E-state index is -3.69. The van der Waals surface area contributed by atoms with Crippen molar-refractivity contribution >= 4 is 15.9 Å². The standard InChI is InChI=1S/C23H31FN4O4S/c1-17-25-22(16-26(17)2)33(30,31)28-10-8-19(9-11-28)23(29)27(15-21-7-4-12-32-21)14-18-5-3-6-20(24)13-18/h3,5-6,13,16,19,21H,4,7-12,14-15H2,1-2H3. The molecular weight excluding hydrogens is 447 g/mol. The quantitative estimate of drug-likeness (QED) is 0.611. The number of rotatable bonds is 7. The zero-order chi connectivity index (χ0) is 23.6. The summed E-state index contributed by atoms with van der Waals surface area (Å²) in [5.74, 6) is -0.0154. The first-order chi connectivity index (χ1) is 15.7. The van der Waals surface area contributed by atoms with Crippen molar-refractivity contribution in [2.24, 2.45) is 13.0 Å². The molecule has 180 valence electrons. The van der Waals surface area contributed by atoms with E-state index in [0.717, 1.165) is 18.4 Å². The molecule has 0 bridgehead atoms. The van der Waals surface area contributed by atoms with E-state index in [4.69, 9.17) is 4.74 Å². The molecule has 2 fully saturated rings. The molecule has 1 atom stereocenters. The van der Waals surface area contributed by atoms with Gasteiger partial charge in [0.05, 0.1) is 6.10 Å². The highest BCUT2D eigenvalue weighted by Crippen LogP contribution is 2.26. The predicted molar refractivity (Wildman–Crippen MR) is 120 cm³/mol. The van der Waals surface area contributed by atoms with Crippen LogP contribution in [0.15, 0.2) is 35.5 Å². The van der Waals surface area contributed by atoms with Crippen LogP contribution in [0, 0.1) is 18.7 Å². The molecule has 3 heterocycles. The first kappa shape index (κ1) is 23.8. The number of hydrogen-bond acceptors (Lipinski definition) is 5. The molecule has 0 N–H and O–H groups in total. The number of nitrogens with zero attached hydrogens (tertiary/aromatic N) is 4. The van der Waals surface area contributed by atoms with Gasteiger partial charge in [0.25, 0.3) is 10.0 Å². The summed E-state index contributed by atoms with van der Waals surface area (Å²) in [6, 6.07) is 6.28. The molecule has 1 aromatic heterocycles. The normalized spacial score (nSPS) is 20.3. The van der Waals surface area contributed by atoms with E-state index in [2.05, 4.69) is 4.98 Å². The van der Waals surface area contributed by atoms with E-state index in [0.29, 0.717) is 38.4 Å². The minimum Gasteiger partial charge on any atom is -0.376 e. The third-order valence-corrected chi connectivity index (χ3v) is 8.29. The maximum absolute atomic E-state index is 13.7. The second-order valence-corrected chi connectivity index (χ2v) is 10.8. The smallest absolute Gasteiger partial charge is 0.262 e. The molecule has 4 rings (SSSR count). The highest BCUT2D eigenvalue weighted by atomic mass is 32.2. The number of piperidine rings is 1. The number of carbonyl (C=O) groups excluding carboxylic acids is 1. The summed E-state index contributed by atoms with van der Waals surface area (Å²) in [5.41, 5.74) is 0.729. The first-order valence-corrected chi connectivity index (χ1v) is 12.8. The van der Waals surface area contributed by atoms with Crippen LogP contribution in [0.3, 0.4) is 0 Å². The number of carbonyl (C=O) groups is 1. The third kappa shape index (κ3) is 5.44. The molecule has 2 aliphatic heterocycles. The van der Waals surface area contributed by atoms with Gasteiger partial charge < -0.3 is 14.2 Å². The van der Waals surface area contributed by atoms with Crippen molar-refractivity contribution in [3.8, 4) is 0 Å². The second kappa shape index (κ2) is 9.90. The summed E-state index contributed by atoms with van der Waals surface area (Å²) in [5, 5.41) is 0.0402. The topological polar surface area (TPSA) is 84.7 Å². The number of sulfonamides is 1. The maximum atomic E-state index is 13.7. The molecular formula is C23H31FN4O4S. The lowest BCUT2D eigenvalue weighted by Crippen LogP contribution is -2.46. The molecule has 0 aliphatic carbocycles. The number of amides is 1. The number of ether oxygens (including phenoxy) is 1. The van der Waals surface area contributed by atoms with Crippen LogP contribution in [0.1, 0.15) is 37.1 Å². The van der Waals surface area contributed by atoms with Gasteiger partial charge in [-0.05, 0) is 50.3 Å². The molecule has 1 amide bonds. The van der Waals surface area contributed by atoms with Gasteiger partial charge in [-0.15, -0.1) is 0 Å². The molecule has 33 heavy (non-hydrogen) atoms. The first-order valence-electron chi connectivity index (χ1n) is 11.4. The van der Waals surface area contributed by atoms with Gasteiger partial charge >= 0.3 is 0 Å². The molecule has 0 saturated carbocycles. The highest BCUT2D eigenvalue weighted by molar-refractivity contribution is 7.89. The Morgan fingerprint density at radius 2 is 2.03 bits per heavy atom.